The van der Waals surface area contributed by atoms with Crippen molar-refractivity contribution < 1.29 is 9.59 Å². The van der Waals surface area contributed by atoms with E-state index in [1.165, 1.54) is 12.3 Å². The summed E-state index contributed by atoms with van der Waals surface area (Å²) in [7, 11) is 0. The first-order valence-electron chi connectivity index (χ1n) is 4.82. The Morgan fingerprint density at radius 1 is 1.06 bits per heavy atom. The molecule has 0 aliphatic heterocycles. The third-order valence-electron chi connectivity index (χ3n) is 2.20. The number of nitrogens with zero attached hydrogens (tertiary/aromatic N) is 1. The lowest BCUT2D eigenvalue weighted by Gasteiger charge is -2.00. The van der Waals surface area contributed by atoms with Crippen LogP contribution in [0.2, 0.25) is 0 Å². The smallest absolute Gasteiger partial charge is 0.193 e. The minimum Gasteiger partial charge on any atom is -0.296 e. The van der Waals surface area contributed by atoms with Crippen LogP contribution in [0.4, 0.5) is 0 Å². The summed E-state index contributed by atoms with van der Waals surface area (Å²) in [6.45, 7) is 0. The molecular formula is C13H9NO2. The average molecular weight is 211 g/mol. The molecule has 1 heterocycles. The van der Waals surface area contributed by atoms with Crippen LogP contribution in [0, 0.1) is 0 Å². The van der Waals surface area contributed by atoms with Crippen LogP contribution in [0.5, 0.6) is 0 Å². The molecule has 0 fully saturated rings. The van der Waals surface area contributed by atoms with Gasteiger partial charge in [-0.15, -0.1) is 0 Å². The Bertz CT molecular complexity index is 520. The quantitative estimate of drug-likeness (QED) is 0.577. The summed E-state index contributed by atoms with van der Waals surface area (Å²) in [5.74, 6) is -0.105. The zero-order chi connectivity index (χ0) is 11.4. The fourth-order valence-corrected chi connectivity index (χ4v) is 1.41. The number of hydrogen-bond donors (Lipinski definition) is 0. The summed E-state index contributed by atoms with van der Waals surface area (Å²) in [5.41, 5.74) is 1.34. The first kappa shape index (κ1) is 10.2. The Balaban J connectivity index is 2.38. The summed E-state index contributed by atoms with van der Waals surface area (Å²) in [5, 5.41) is 0. The van der Waals surface area contributed by atoms with E-state index in [1.54, 1.807) is 30.3 Å². The summed E-state index contributed by atoms with van der Waals surface area (Å²) >= 11 is 0. The number of hydrogen-bond acceptors (Lipinski definition) is 3. The van der Waals surface area contributed by atoms with Gasteiger partial charge in [0.05, 0.1) is 0 Å². The van der Waals surface area contributed by atoms with E-state index in [0.717, 1.165) is 0 Å². The Kier molecular flexibility index (Phi) is 2.87. The number of aromatic nitrogens is 1. The maximum atomic E-state index is 12.0. The molecule has 0 saturated carbocycles. The second-order valence-electron chi connectivity index (χ2n) is 3.28. The van der Waals surface area contributed by atoms with Crippen molar-refractivity contribution in [1.29, 1.82) is 0 Å². The van der Waals surface area contributed by atoms with Crippen LogP contribution in [0.15, 0.2) is 48.7 Å². The highest BCUT2D eigenvalue weighted by atomic mass is 16.1. The zero-order valence-electron chi connectivity index (χ0n) is 8.46. The van der Waals surface area contributed by atoms with Crippen LogP contribution < -0.4 is 0 Å². The second-order valence-corrected chi connectivity index (χ2v) is 3.28. The Hall–Kier alpha value is -2.29. The van der Waals surface area contributed by atoms with E-state index in [9.17, 15) is 9.59 Å². The summed E-state index contributed by atoms with van der Waals surface area (Å²) in [6.07, 6.45) is 2.08. The lowest BCUT2D eigenvalue weighted by Crippen LogP contribution is -2.02. The highest BCUT2D eigenvalue weighted by molar-refractivity contribution is 6.09. The van der Waals surface area contributed by atoms with Gasteiger partial charge in [0.15, 0.2) is 12.1 Å². The molecule has 0 bridgehead atoms. The molecule has 2 rings (SSSR count). The predicted octanol–water partition coefficient (Wildman–Crippen LogP) is 2.13. The van der Waals surface area contributed by atoms with E-state index in [1.807, 2.05) is 6.07 Å². The van der Waals surface area contributed by atoms with Gasteiger partial charge < -0.3 is 0 Å². The molecule has 0 spiro atoms. The van der Waals surface area contributed by atoms with Gasteiger partial charge in [-0.05, 0) is 12.1 Å². The van der Waals surface area contributed by atoms with Crippen molar-refractivity contribution in [3.63, 3.8) is 0 Å². The van der Waals surface area contributed by atoms with E-state index < -0.39 is 0 Å². The van der Waals surface area contributed by atoms with E-state index in [4.69, 9.17) is 0 Å². The number of rotatable bonds is 3. The van der Waals surface area contributed by atoms with Gasteiger partial charge in [-0.25, -0.2) is 0 Å². The molecule has 0 unspecified atom stereocenters. The second kappa shape index (κ2) is 4.49. The van der Waals surface area contributed by atoms with Crippen molar-refractivity contribution >= 4 is 12.1 Å². The number of pyridine rings is 1. The predicted molar refractivity (Wildman–Crippen MR) is 59.5 cm³/mol. The Morgan fingerprint density at radius 2 is 1.81 bits per heavy atom. The summed E-state index contributed by atoms with van der Waals surface area (Å²) < 4.78 is 0. The molecule has 0 atom stereocenters. The van der Waals surface area contributed by atoms with E-state index in [-0.39, 0.29) is 11.5 Å². The number of ketones is 1. The van der Waals surface area contributed by atoms with Gasteiger partial charge in [0.2, 0.25) is 0 Å². The first-order valence-corrected chi connectivity index (χ1v) is 4.82. The van der Waals surface area contributed by atoms with Crippen molar-refractivity contribution in [2.24, 2.45) is 0 Å². The van der Waals surface area contributed by atoms with E-state index in [2.05, 4.69) is 4.98 Å². The average Bonchev–Trinajstić information content (AvgIpc) is 2.39. The highest BCUT2D eigenvalue weighted by Gasteiger charge is 2.08. The van der Waals surface area contributed by atoms with E-state index in [0.29, 0.717) is 17.4 Å². The van der Waals surface area contributed by atoms with Crippen LogP contribution in [-0.2, 0) is 0 Å². The van der Waals surface area contributed by atoms with Crippen LogP contribution in [0.3, 0.4) is 0 Å². The van der Waals surface area contributed by atoms with Gasteiger partial charge in [-0.1, -0.05) is 30.3 Å². The fourth-order valence-electron chi connectivity index (χ4n) is 1.41. The molecule has 16 heavy (non-hydrogen) atoms. The summed E-state index contributed by atoms with van der Waals surface area (Å²) in [6, 6.07) is 12.0. The molecule has 1 aromatic carbocycles. The van der Waals surface area contributed by atoms with Gasteiger partial charge in [0, 0.05) is 17.3 Å². The number of carbonyl (C=O) groups is 2. The van der Waals surface area contributed by atoms with Gasteiger partial charge in [-0.2, -0.15) is 0 Å². The third-order valence-corrected chi connectivity index (χ3v) is 2.20. The number of carbonyl (C=O) groups excluding carboxylic acids is 2. The number of aldehydes is 1. The molecule has 3 heteroatoms. The monoisotopic (exact) mass is 211 g/mol. The minimum atomic E-state index is -0.105. The van der Waals surface area contributed by atoms with Crippen molar-refractivity contribution in [2.75, 3.05) is 0 Å². The lowest BCUT2D eigenvalue weighted by atomic mass is 10.0. The third kappa shape index (κ3) is 2.03. The molecule has 0 radical (unpaired) electrons. The van der Waals surface area contributed by atoms with Crippen molar-refractivity contribution in [3.05, 3.63) is 65.5 Å². The van der Waals surface area contributed by atoms with Gasteiger partial charge in [-0.3, -0.25) is 14.6 Å². The van der Waals surface area contributed by atoms with Crippen LogP contribution in [-0.4, -0.2) is 17.1 Å². The summed E-state index contributed by atoms with van der Waals surface area (Å²) in [4.78, 5) is 26.3. The van der Waals surface area contributed by atoms with Crippen LogP contribution in [0.25, 0.3) is 0 Å². The molecule has 2 aromatic rings. The molecule has 0 N–H and O–H groups in total. The van der Waals surface area contributed by atoms with Crippen LogP contribution >= 0.6 is 0 Å². The zero-order valence-corrected chi connectivity index (χ0v) is 8.46. The molecule has 0 amide bonds. The standard InChI is InChI=1S/C13H9NO2/c15-9-12-8-11(6-7-14-12)13(16)10-4-2-1-3-5-10/h1-9H. The topological polar surface area (TPSA) is 47.0 Å². The Labute approximate surface area is 92.8 Å². The van der Waals surface area contributed by atoms with Crippen LogP contribution in [0.1, 0.15) is 26.4 Å². The minimum absolute atomic E-state index is 0.105. The largest absolute Gasteiger partial charge is 0.296 e. The lowest BCUT2D eigenvalue weighted by molar-refractivity contribution is 0.103. The van der Waals surface area contributed by atoms with Crippen molar-refractivity contribution in [1.82, 2.24) is 4.98 Å². The molecule has 78 valence electrons. The highest BCUT2D eigenvalue weighted by Crippen LogP contribution is 2.09. The maximum absolute atomic E-state index is 12.0. The molecule has 0 aliphatic carbocycles. The molecule has 1 aromatic heterocycles. The molecule has 3 nitrogen and oxygen atoms in total. The van der Waals surface area contributed by atoms with Gasteiger partial charge in [0.25, 0.3) is 0 Å². The first-order chi connectivity index (χ1) is 7.81. The maximum Gasteiger partial charge on any atom is 0.193 e. The Morgan fingerprint density at radius 3 is 2.50 bits per heavy atom. The number of benzene rings is 1. The molecule has 0 saturated heterocycles. The van der Waals surface area contributed by atoms with E-state index >= 15 is 0 Å². The van der Waals surface area contributed by atoms with Crippen molar-refractivity contribution in [2.45, 2.75) is 0 Å². The molecule has 0 aliphatic rings. The molecular weight excluding hydrogens is 202 g/mol. The van der Waals surface area contributed by atoms with Gasteiger partial charge >= 0.3 is 0 Å². The normalized spacial score (nSPS) is 9.75. The van der Waals surface area contributed by atoms with Gasteiger partial charge in [0.1, 0.15) is 5.69 Å². The SMILES string of the molecule is O=Cc1cc(C(=O)c2ccccc2)ccn1. The fraction of sp³-hybridized carbons (Fsp3) is 0. The van der Waals surface area contributed by atoms with Crippen molar-refractivity contribution in [3.8, 4) is 0 Å².